The van der Waals surface area contributed by atoms with Crippen LogP contribution < -0.4 is 0 Å². The molecule has 0 spiro atoms. The normalized spacial score (nSPS) is 32.6. The molecule has 0 aromatic carbocycles. The minimum Gasteiger partial charge on any atom is -0.516 e. The Labute approximate surface area is 149 Å². The molecule has 1 fully saturated rings. The van der Waals surface area contributed by atoms with Crippen LogP contribution >= 0.6 is 0 Å². The van der Waals surface area contributed by atoms with Crippen molar-refractivity contribution in [2.24, 2.45) is 23.7 Å². The number of fused-ring (bicyclic) bond motifs is 1. The van der Waals surface area contributed by atoms with E-state index in [1.54, 1.807) is 0 Å². The summed E-state index contributed by atoms with van der Waals surface area (Å²) >= 11 is 0. The Bertz CT molecular complexity index is 457. The van der Waals surface area contributed by atoms with Gasteiger partial charge in [-0.05, 0) is 79.9 Å². The third-order valence-corrected chi connectivity index (χ3v) is 6.56. The lowest BCUT2D eigenvalue weighted by Crippen LogP contribution is -2.22. The van der Waals surface area contributed by atoms with E-state index in [4.69, 9.17) is 0 Å². The molecule has 0 heterocycles. The molecular weight excluding hydrogens is 292 g/mol. The van der Waals surface area contributed by atoms with Crippen molar-refractivity contribution in [3.8, 4) is 0 Å². The molecule has 0 aromatic heterocycles. The number of hydrogen-bond acceptors (Lipinski definition) is 1. The minimum atomic E-state index is 0.702. The summed E-state index contributed by atoms with van der Waals surface area (Å²) in [6, 6.07) is 0. The monoisotopic (exact) mass is 330 g/mol. The van der Waals surface area contributed by atoms with Gasteiger partial charge in [0, 0.05) is 0 Å². The van der Waals surface area contributed by atoms with Crippen molar-refractivity contribution < 1.29 is 5.11 Å². The fourth-order valence-electron chi connectivity index (χ4n) is 5.10. The topological polar surface area (TPSA) is 20.2 Å². The maximum Gasteiger partial charge on any atom is 0.0794 e. The number of rotatable bonds is 5. The van der Waals surface area contributed by atoms with Crippen molar-refractivity contribution in [1.29, 1.82) is 0 Å². The molecular formula is C23H38O. The molecule has 0 amide bonds. The first-order valence-corrected chi connectivity index (χ1v) is 10.4. The Hall–Kier alpha value is -0.980. The second kappa shape index (κ2) is 10.1. The van der Waals surface area contributed by atoms with Crippen molar-refractivity contribution in [1.82, 2.24) is 0 Å². The molecule has 1 saturated carbocycles. The molecule has 0 saturated heterocycles. The van der Waals surface area contributed by atoms with E-state index in [2.05, 4.69) is 32.9 Å². The van der Waals surface area contributed by atoms with Crippen LogP contribution in [0.5, 0.6) is 0 Å². The van der Waals surface area contributed by atoms with Crippen molar-refractivity contribution in [2.75, 3.05) is 0 Å². The SMILES string of the molecule is C/C=C\C1=C(/C=C/O)CCC2CCCC(CCCC)C(C)CCC12. The number of aliphatic hydroxyl groups is 1. The van der Waals surface area contributed by atoms with Crippen molar-refractivity contribution in [2.45, 2.75) is 85.0 Å². The molecule has 0 aromatic rings. The molecule has 0 radical (unpaired) electrons. The van der Waals surface area contributed by atoms with Gasteiger partial charge in [-0.1, -0.05) is 58.1 Å². The van der Waals surface area contributed by atoms with E-state index in [9.17, 15) is 5.11 Å². The zero-order valence-electron chi connectivity index (χ0n) is 16.1. The zero-order valence-corrected chi connectivity index (χ0v) is 16.1. The average molecular weight is 331 g/mol. The Morgan fingerprint density at radius 1 is 1.08 bits per heavy atom. The highest BCUT2D eigenvalue weighted by molar-refractivity contribution is 5.37. The van der Waals surface area contributed by atoms with Gasteiger partial charge in [-0.3, -0.25) is 0 Å². The number of unbranched alkanes of at least 4 members (excludes halogenated alkanes) is 1. The molecule has 1 N–H and O–H groups in total. The maximum atomic E-state index is 9.27. The molecule has 0 bridgehead atoms. The Morgan fingerprint density at radius 2 is 1.92 bits per heavy atom. The largest absolute Gasteiger partial charge is 0.516 e. The number of hydrogen-bond donors (Lipinski definition) is 1. The van der Waals surface area contributed by atoms with E-state index in [1.807, 2.05) is 6.08 Å². The zero-order chi connectivity index (χ0) is 17.4. The first-order valence-electron chi connectivity index (χ1n) is 10.4. The Balaban J connectivity index is 2.17. The lowest BCUT2D eigenvalue weighted by molar-refractivity contribution is 0.277. The van der Waals surface area contributed by atoms with Crippen LogP contribution in [0, 0.1) is 23.7 Å². The van der Waals surface area contributed by atoms with E-state index in [0.29, 0.717) is 5.92 Å². The predicted molar refractivity (Wildman–Crippen MR) is 105 cm³/mol. The summed E-state index contributed by atoms with van der Waals surface area (Å²) < 4.78 is 0. The fourth-order valence-corrected chi connectivity index (χ4v) is 5.10. The summed E-state index contributed by atoms with van der Waals surface area (Å²) in [5.41, 5.74) is 2.88. The Kier molecular flexibility index (Phi) is 8.15. The molecule has 2 aliphatic carbocycles. The van der Waals surface area contributed by atoms with Gasteiger partial charge in [0.05, 0.1) is 6.26 Å². The molecule has 1 heteroatoms. The van der Waals surface area contributed by atoms with Gasteiger partial charge in [-0.25, -0.2) is 0 Å². The van der Waals surface area contributed by atoms with Gasteiger partial charge in [0.1, 0.15) is 0 Å². The van der Waals surface area contributed by atoms with Gasteiger partial charge in [0.15, 0.2) is 0 Å². The van der Waals surface area contributed by atoms with Crippen molar-refractivity contribution in [3.05, 3.63) is 35.6 Å². The summed E-state index contributed by atoms with van der Waals surface area (Å²) in [6.45, 7) is 6.94. The first kappa shape index (κ1) is 19.3. The second-order valence-corrected chi connectivity index (χ2v) is 8.09. The van der Waals surface area contributed by atoms with Crippen LogP contribution in [0.4, 0.5) is 0 Å². The van der Waals surface area contributed by atoms with Crippen LogP contribution in [0.1, 0.15) is 85.0 Å². The first-order chi connectivity index (χ1) is 11.7. The van der Waals surface area contributed by atoms with E-state index in [-0.39, 0.29) is 0 Å². The van der Waals surface area contributed by atoms with Gasteiger partial charge >= 0.3 is 0 Å². The highest BCUT2D eigenvalue weighted by atomic mass is 16.2. The fraction of sp³-hybridized carbons (Fsp3) is 0.739. The average Bonchev–Trinajstić information content (AvgIpc) is 2.65. The number of allylic oxidation sites excluding steroid dienone is 5. The van der Waals surface area contributed by atoms with Gasteiger partial charge < -0.3 is 5.11 Å². The third kappa shape index (κ3) is 5.01. The maximum absolute atomic E-state index is 9.27. The third-order valence-electron chi connectivity index (χ3n) is 6.56. The van der Waals surface area contributed by atoms with Crippen LogP contribution in [-0.2, 0) is 0 Å². The Morgan fingerprint density at radius 3 is 2.62 bits per heavy atom. The highest BCUT2D eigenvalue weighted by Gasteiger charge is 2.31. The molecule has 2 rings (SSSR count). The van der Waals surface area contributed by atoms with Crippen LogP contribution in [-0.4, -0.2) is 5.11 Å². The van der Waals surface area contributed by atoms with Crippen LogP contribution in [0.15, 0.2) is 35.6 Å². The smallest absolute Gasteiger partial charge is 0.0794 e. The van der Waals surface area contributed by atoms with E-state index in [0.717, 1.165) is 24.2 Å². The van der Waals surface area contributed by atoms with E-state index in [1.165, 1.54) is 75.2 Å². The standard InChI is InChI=1S/C23H38O/c1-4-6-9-19-10-7-11-20-13-14-21(16-17-24)22(8-5-2)23(20)15-12-18(19)3/h5,8,16-20,23-24H,4,6-7,9-15H2,1-3H3/b8-5-,17-16+. The van der Waals surface area contributed by atoms with Gasteiger partial charge in [-0.2, -0.15) is 0 Å². The highest BCUT2D eigenvalue weighted by Crippen LogP contribution is 2.44. The number of aliphatic hydroxyl groups excluding tert-OH is 1. The van der Waals surface area contributed by atoms with Crippen LogP contribution in [0.2, 0.25) is 0 Å². The van der Waals surface area contributed by atoms with E-state index < -0.39 is 0 Å². The minimum absolute atomic E-state index is 0.702. The summed E-state index contributed by atoms with van der Waals surface area (Å²) in [4.78, 5) is 0. The van der Waals surface area contributed by atoms with Gasteiger partial charge in [0.25, 0.3) is 0 Å². The molecule has 136 valence electrons. The second-order valence-electron chi connectivity index (χ2n) is 8.09. The van der Waals surface area contributed by atoms with Crippen LogP contribution in [0.25, 0.3) is 0 Å². The van der Waals surface area contributed by atoms with Crippen molar-refractivity contribution >= 4 is 0 Å². The lowest BCUT2D eigenvalue weighted by Gasteiger charge is -2.34. The van der Waals surface area contributed by atoms with Crippen LogP contribution in [0.3, 0.4) is 0 Å². The molecule has 4 unspecified atom stereocenters. The summed E-state index contributed by atoms with van der Waals surface area (Å²) in [7, 11) is 0. The summed E-state index contributed by atoms with van der Waals surface area (Å²) in [5, 5.41) is 9.27. The summed E-state index contributed by atoms with van der Waals surface area (Å²) in [5.74, 6) is 3.36. The predicted octanol–water partition coefficient (Wildman–Crippen LogP) is 7.36. The molecule has 4 atom stereocenters. The van der Waals surface area contributed by atoms with Gasteiger partial charge in [0.2, 0.25) is 0 Å². The quantitative estimate of drug-likeness (QED) is 0.522. The molecule has 1 nitrogen and oxygen atoms in total. The molecule has 0 aliphatic heterocycles. The van der Waals surface area contributed by atoms with E-state index >= 15 is 0 Å². The summed E-state index contributed by atoms with van der Waals surface area (Å²) in [6.07, 6.45) is 21.2. The van der Waals surface area contributed by atoms with Crippen molar-refractivity contribution in [3.63, 3.8) is 0 Å². The lowest BCUT2D eigenvalue weighted by atomic mass is 9.71. The van der Waals surface area contributed by atoms with Gasteiger partial charge in [-0.15, -0.1) is 0 Å². The molecule has 2 aliphatic rings. The molecule has 24 heavy (non-hydrogen) atoms.